The number of ether oxygens (including phenoxy) is 1. The Labute approximate surface area is 164 Å². The van der Waals surface area contributed by atoms with E-state index in [-0.39, 0.29) is 4.90 Å². The van der Waals surface area contributed by atoms with Crippen molar-refractivity contribution in [2.24, 2.45) is 0 Å². The van der Waals surface area contributed by atoms with Crippen molar-refractivity contribution in [3.05, 3.63) is 23.7 Å². The first-order valence-electron chi connectivity index (χ1n) is 14.2. The van der Waals surface area contributed by atoms with Crippen LogP contribution in [-0.2, 0) is 14.0 Å². The first kappa shape index (κ1) is 7.00. The second kappa shape index (κ2) is 6.08. The summed E-state index contributed by atoms with van der Waals surface area (Å²) in [4.78, 5) is 12.9. The second-order valence-corrected chi connectivity index (χ2v) is 6.30. The molecule has 24 heavy (non-hydrogen) atoms. The maximum absolute atomic E-state index is 13.1. The summed E-state index contributed by atoms with van der Waals surface area (Å²) in [5.74, 6) is -1.72. The highest BCUT2D eigenvalue weighted by atomic mass is 16.7. The molecule has 2 aliphatic heterocycles. The van der Waals surface area contributed by atoms with Gasteiger partial charge in [0, 0.05) is 29.6 Å². The average molecular weight is 345 g/mol. The highest BCUT2D eigenvalue weighted by Gasteiger charge is 2.52. The zero-order valence-corrected chi connectivity index (χ0v) is 13.7. The summed E-state index contributed by atoms with van der Waals surface area (Å²) in [6, 6.07) is -3.23. The number of hydrogen-bond donors (Lipinski definition) is 0. The number of carbonyl (C=O) groups excluding carboxylic acids is 1. The van der Waals surface area contributed by atoms with Crippen LogP contribution < -0.4 is 10.4 Å². The quantitative estimate of drug-likeness (QED) is 0.622. The van der Waals surface area contributed by atoms with E-state index in [1.807, 2.05) is 0 Å². The van der Waals surface area contributed by atoms with Crippen LogP contribution in [0.4, 0.5) is 5.69 Å². The van der Waals surface area contributed by atoms with E-state index in [4.69, 9.17) is 28.5 Å². The number of esters is 1. The van der Waals surface area contributed by atoms with E-state index >= 15 is 0 Å². The molecular weight excluding hydrogens is 305 g/mol. The summed E-state index contributed by atoms with van der Waals surface area (Å²) >= 11 is 0. The van der Waals surface area contributed by atoms with Gasteiger partial charge in [-0.1, -0.05) is 6.04 Å². The van der Waals surface area contributed by atoms with E-state index in [0.29, 0.717) is 0 Å². The molecule has 130 valence electrons. The lowest BCUT2D eigenvalue weighted by atomic mass is 9.75. The smallest absolute Gasteiger partial charge is 0.465 e. The van der Waals surface area contributed by atoms with Crippen LogP contribution in [-0.4, -0.2) is 44.3 Å². The van der Waals surface area contributed by atoms with Gasteiger partial charge in [0.05, 0.1) is 32.0 Å². The van der Waals surface area contributed by atoms with E-state index in [1.165, 1.54) is 0 Å². The Bertz CT molecular complexity index is 1140. The fourth-order valence-corrected chi connectivity index (χ4v) is 2.17. The van der Waals surface area contributed by atoms with Gasteiger partial charge in [-0.3, -0.25) is 0 Å². The van der Waals surface area contributed by atoms with Crippen molar-refractivity contribution in [1.82, 2.24) is 0 Å². The van der Waals surface area contributed by atoms with Crippen LogP contribution in [0.15, 0.2) is 18.1 Å². The third kappa shape index (κ3) is 2.93. The Balaban J connectivity index is 2.42. The monoisotopic (exact) mass is 345 g/mol. The Kier molecular flexibility index (Phi) is 1.77. The van der Waals surface area contributed by atoms with Crippen LogP contribution in [0.1, 0.15) is 70.0 Å². The molecule has 6 heteroatoms. The normalized spacial score (nSPS) is 39.5. The van der Waals surface area contributed by atoms with E-state index in [0.717, 1.165) is 0 Å². The zero-order chi connectivity index (χ0) is 29.8. The molecule has 2 fully saturated rings. The fourth-order valence-electron chi connectivity index (χ4n) is 2.17. The minimum absolute atomic E-state index is 0.136. The summed E-state index contributed by atoms with van der Waals surface area (Å²) in [5.41, 5.74) is -4.91. The van der Waals surface area contributed by atoms with Crippen molar-refractivity contribution in [3.8, 4) is 0 Å². The Morgan fingerprint density at radius 2 is 1.92 bits per heavy atom. The molecule has 0 atom stereocenters. The number of methoxy groups -OCH3 is 1. The van der Waals surface area contributed by atoms with Crippen LogP contribution in [0.25, 0.3) is 0 Å². The predicted molar refractivity (Wildman–Crippen MR) is 94.9 cm³/mol. The van der Waals surface area contributed by atoms with Crippen LogP contribution in [0.3, 0.4) is 0 Å². The molecule has 0 amide bonds. The molecule has 0 N–H and O–H groups in total. The van der Waals surface area contributed by atoms with Crippen molar-refractivity contribution in [1.29, 1.82) is 0 Å². The molecule has 2 aliphatic rings. The summed E-state index contributed by atoms with van der Waals surface area (Å²) in [6.07, 6.45) is -7.09. The molecule has 2 heterocycles. The third-order valence-electron chi connectivity index (χ3n) is 4.24. The second-order valence-electron chi connectivity index (χ2n) is 6.30. The lowest BCUT2D eigenvalue weighted by Crippen LogP contribution is -2.41. The molecule has 1 aromatic rings. The first-order valence-corrected chi connectivity index (χ1v) is 7.20. The Morgan fingerprint density at radius 1 is 1.29 bits per heavy atom. The highest BCUT2D eigenvalue weighted by molar-refractivity contribution is 6.63. The number of anilines is 1. The SMILES string of the molecule is [2H]c1c([2H])c(N2C([2H])([2H])C([2H])([2H])C([2H])([2H])C2([2H])[2H])c([2H])c(C(=O)OC([2H])([2H])[2H])c1B1OC(C)(C)C(C)(C)O1. The number of carbonyl (C=O) groups is 1. The van der Waals surface area contributed by atoms with Crippen molar-refractivity contribution in [3.63, 3.8) is 0 Å². The average Bonchev–Trinajstić information content (AvgIpc) is 2.94. The van der Waals surface area contributed by atoms with Crippen molar-refractivity contribution in [2.45, 2.75) is 51.6 Å². The summed E-state index contributed by atoms with van der Waals surface area (Å²) < 4.78 is 129. The summed E-state index contributed by atoms with van der Waals surface area (Å²) in [5, 5.41) is 0. The summed E-state index contributed by atoms with van der Waals surface area (Å²) in [7, 11) is -4.95. The zero-order valence-electron chi connectivity index (χ0n) is 27.7. The standard InChI is InChI=1S/C18H26BNO4/c1-17(2)18(3,4)24-19(23-17)15-9-8-13(20-10-6-7-11-20)12-14(15)16(21)22-5/h8-9,12H,6-7,10-11H2,1-5H3/i5D3,6D2,7D2,8D,9D,10D2,11D2,12D. The van der Waals surface area contributed by atoms with Gasteiger partial charge in [0.25, 0.3) is 0 Å². The molecule has 3 rings (SSSR count). The molecule has 5 nitrogen and oxygen atoms in total. The number of benzene rings is 1. The molecule has 0 aromatic heterocycles. The Hall–Kier alpha value is -1.53. The maximum Gasteiger partial charge on any atom is 0.495 e. The molecule has 0 bridgehead atoms. The molecular formula is C18H26BNO4. The van der Waals surface area contributed by atoms with E-state index in [2.05, 4.69) is 4.74 Å². The predicted octanol–water partition coefficient (Wildman–Crippen LogP) is 2.37. The van der Waals surface area contributed by atoms with Crippen LogP contribution in [0.2, 0.25) is 0 Å². The first-order chi connectivity index (χ1) is 16.7. The largest absolute Gasteiger partial charge is 0.495 e. The number of rotatable bonds is 3. The number of hydrogen-bond acceptors (Lipinski definition) is 5. The van der Waals surface area contributed by atoms with E-state index < -0.39 is 91.9 Å². The van der Waals surface area contributed by atoms with Gasteiger partial charge in [-0.15, -0.1) is 0 Å². The van der Waals surface area contributed by atoms with Crippen LogP contribution in [0.5, 0.6) is 0 Å². The van der Waals surface area contributed by atoms with Crippen molar-refractivity contribution in [2.75, 3.05) is 24.9 Å². The van der Waals surface area contributed by atoms with Gasteiger partial charge in [0.1, 0.15) is 0 Å². The highest BCUT2D eigenvalue weighted by Crippen LogP contribution is 2.37. The van der Waals surface area contributed by atoms with Gasteiger partial charge in [-0.05, 0) is 58.0 Å². The van der Waals surface area contributed by atoms with Gasteiger partial charge in [0.2, 0.25) is 0 Å². The molecule has 0 spiro atoms. The maximum atomic E-state index is 13.1. The molecule has 2 saturated heterocycles. The van der Waals surface area contributed by atoms with Crippen molar-refractivity contribution >= 4 is 24.2 Å². The van der Waals surface area contributed by atoms with Gasteiger partial charge >= 0.3 is 13.1 Å². The minimum atomic E-state index is -3.55. The molecule has 0 radical (unpaired) electrons. The van der Waals surface area contributed by atoms with E-state index in [9.17, 15) is 4.79 Å². The third-order valence-corrected chi connectivity index (χ3v) is 4.24. The molecule has 0 aliphatic carbocycles. The van der Waals surface area contributed by atoms with Gasteiger partial charge in [-0.2, -0.15) is 0 Å². The number of nitrogens with zero attached hydrogens (tertiary/aromatic N) is 1. The van der Waals surface area contributed by atoms with Gasteiger partial charge in [0.15, 0.2) is 0 Å². The van der Waals surface area contributed by atoms with Gasteiger partial charge < -0.3 is 18.9 Å². The molecule has 0 unspecified atom stereocenters. The molecule has 1 aromatic carbocycles. The minimum Gasteiger partial charge on any atom is -0.465 e. The lowest BCUT2D eigenvalue weighted by molar-refractivity contribution is 0.00578. The van der Waals surface area contributed by atoms with Gasteiger partial charge in [-0.25, -0.2) is 4.79 Å². The van der Waals surface area contributed by atoms with Crippen LogP contribution in [0, 0.1) is 0 Å². The fraction of sp³-hybridized carbons (Fsp3) is 0.611. The molecule has 0 saturated carbocycles. The van der Waals surface area contributed by atoms with E-state index in [1.54, 1.807) is 27.7 Å². The van der Waals surface area contributed by atoms with Crippen molar-refractivity contribution < 1.29 is 38.0 Å². The lowest BCUT2D eigenvalue weighted by Gasteiger charge is -2.32. The topological polar surface area (TPSA) is 48.0 Å². The summed E-state index contributed by atoms with van der Waals surface area (Å²) in [6.45, 7) is -0.624. The Morgan fingerprint density at radius 3 is 2.50 bits per heavy atom. The van der Waals surface area contributed by atoms with Crippen LogP contribution >= 0.6 is 0 Å².